The lowest BCUT2D eigenvalue weighted by atomic mass is 9.86. The summed E-state index contributed by atoms with van der Waals surface area (Å²) in [5.41, 5.74) is 0.245. The van der Waals surface area contributed by atoms with Crippen molar-refractivity contribution in [3.05, 3.63) is 208 Å². The fourth-order valence-electron chi connectivity index (χ4n) is 18.8. The maximum atomic E-state index is 14.0. The Labute approximate surface area is 738 Å². The highest BCUT2D eigenvalue weighted by Gasteiger charge is 2.48. The number of fused-ring (bicyclic) bond motifs is 4. The maximum absolute atomic E-state index is 14.0. The van der Waals surface area contributed by atoms with E-state index in [1.54, 1.807) is 40.4 Å². The molecule has 7 amide bonds. The van der Waals surface area contributed by atoms with Gasteiger partial charge in [-0.1, -0.05) is 65.0 Å². The van der Waals surface area contributed by atoms with Crippen molar-refractivity contribution in [3.63, 3.8) is 0 Å². The van der Waals surface area contributed by atoms with E-state index >= 15 is 0 Å². The first-order valence-corrected chi connectivity index (χ1v) is 43.4. The summed E-state index contributed by atoms with van der Waals surface area (Å²) in [6.07, 6.45) is -13.9. The number of benzene rings is 4. The maximum Gasteiger partial charge on any atom is 0.419 e. The van der Waals surface area contributed by atoms with Gasteiger partial charge in [-0.3, -0.25) is 58.9 Å². The Hall–Kier alpha value is -11.4. The van der Waals surface area contributed by atoms with E-state index in [-0.39, 0.29) is 190 Å². The number of nitrogens with one attached hydrogen (secondary N) is 4. The standard InChI is InChI=1S/C23H25F5N4O2.C23H26F4N4O.C22H23F5N4O2.C21H21F5N4O2/c1-12(2)9-18(33)32-10-15-17(11-32)29-30-21(15)22(34)31-7-5-13(6-8-31)14-3-4-16(24)20(25)19(14)23(26,27)28;24-18-3-1-2-16(20(18)23(25,26)27)15-6-10-31(11-7-15)22(32)21-17-8-9-30(12-14-4-5-14)13-19(17)28-29-21;1-11(2)20(32)31-9-14-16(10-31)28-29-19(14)21(33)30-7-5-12(6-8-30)13-3-4-15(23)18(24)17(13)22(25,26)27;1-2-16(31)30-9-13-15(10-30)27-28-19(13)20(32)29-7-5-11(6-8-29)12-3-4-14(22)18(23)17(12)21(24,25)26/h3-4,12-13H,5-11H2,1-2H3,(H,29,30);1-3,14-15H,4-13H2,(H,28,29);3-4,11-12H,5-10H2,1-2H3,(H,28,29);3-4,11H,2,5-10H2,1H3,(H,27,28). The molecule has 131 heavy (non-hydrogen) atoms. The predicted molar refractivity (Wildman–Crippen MR) is 430 cm³/mol. The minimum Gasteiger partial charge on any atom is -0.337 e. The number of piperidine rings is 4. The summed E-state index contributed by atoms with van der Waals surface area (Å²) in [5.74, 6) is -14.5. The molecule has 1 aliphatic carbocycles. The SMILES string of the molecule is CC(C)C(=O)N1Cc2[nH]nc(C(=O)N3CCC(c4ccc(F)c(F)c4C(F)(F)F)CC3)c2C1.CC(C)CC(=O)N1Cc2[nH]nc(C(=O)N3CCC(c4ccc(F)c(F)c4C(F)(F)F)CC3)c2C1.CCC(=O)N1Cc2[nH]nc(C(=O)N3CCC(c4ccc(F)c(F)c4C(F)(F)F)CC3)c2C1.O=C(c1n[nH]c2c1CCN(CC1CC1)C2)N1CCC(c2cccc(F)c2C(F)(F)F)CC1. The van der Waals surface area contributed by atoms with Crippen LogP contribution in [0, 0.1) is 58.5 Å². The monoisotopic (exact) mass is 1860 g/mol. The second kappa shape index (κ2) is 38.5. The lowest BCUT2D eigenvalue weighted by molar-refractivity contribution is -0.142. The average molecular weight is 1860 g/mol. The van der Waals surface area contributed by atoms with E-state index in [0.29, 0.717) is 116 Å². The molecule has 0 radical (unpaired) electrons. The van der Waals surface area contributed by atoms with Crippen LogP contribution in [0.4, 0.5) is 83.4 Å². The second-order valence-electron chi connectivity index (χ2n) is 35.3. The van der Waals surface area contributed by atoms with Gasteiger partial charge >= 0.3 is 24.7 Å². The first-order chi connectivity index (χ1) is 61.9. The highest BCUT2D eigenvalue weighted by Crippen LogP contribution is 2.47. The Kier molecular flexibility index (Phi) is 28.1. The zero-order chi connectivity index (χ0) is 94.5. The molecule has 9 aliphatic rings. The number of carbonyl (C=O) groups is 7. The van der Waals surface area contributed by atoms with Crippen molar-refractivity contribution in [1.82, 2.24) is 80.0 Å². The third-order valence-electron chi connectivity index (χ3n) is 25.8. The second-order valence-corrected chi connectivity index (χ2v) is 35.3. The number of aromatic amines is 4. The van der Waals surface area contributed by atoms with Crippen LogP contribution in [0.1, 0.15) is 267 Å². The molecule has 4 aromatic heterocycles. The van der Waals surface area contributed by atoms with Gasteiger partial charge in [-0.05, 0) is 153 Å². The molecular weight excluding hydrogens is 1770 g/mol. The minimum absolute atomic E-state index is 0.00851. The molecule has 4 N–H and O–H groups in total. The van der Waals surface area contributed by atoms with Crippen LogP contribution < -0.4 is 0 Å². The molecule has 5 fully saturated rings. The van der Waals surface area contributed by atoms with Crippen molar-refractivity contribution in [1.29, 1.82) is 0 Å². The number of hydrogen-bond donors (Lipinski definition) is 4. The lowest BCUT2D eigenvalue weighted by Crippen LogP contribution is -2.39. The summed E-state index contributed by atoms with van der Waals surface area (Å²) >= 11 is 0. The topological polar surface area (TPSA) is 260 Å². The van der Waals surface area contributed by atoms with E-state index < -0.39 is 111 Å². The van der Waals surface area contributed by atoms with E-state index in [4.69, 9.17) is 0 Å². The predicted octanol–water partition coefficient (Wildman–Crippen LogP) is 17.2. The molecule has 12 heterocycles. The number of amides is 7. The molecule has 8 aromatic rings. The van der Waals surface area contributed by atoms with Gasteiger partial charge in [0.05, 0.1) is 84.3 Å². The molecule has 4 saturated heterocycles. The highest BCUT2D eigenvalue weighted by molar-refractivity contribution is 5.97. The van der Waals surface area contributed by atoms with Crippen LogP contribution in [0.15, 0.2) is 54.6 Å². The van der Waals surface area contributed by atoms with Crippen molar-refractivity contribution in [2.75, 3.05) is 65.4 Å². The number of rotatable bonds is 14. The Balaban J connectivity index is 0.000000141. The summed E-state index contributed by atoms with van der Waals surface area (Å²) in [4.78, 5) is 102. The van der Waals surface area contributed by atoms with Crippen LogP contribution in [0.5, 0.6) is 0 Å². The molecule has 23 nitrogen and oxygen atoms in total. The molecule has 1 saturated carbocycles. The number of aromatic nitrogens is 8. The highest BCUT2D eigenvalue weighted by atomic mass is 19.4. The number of carbonyl (C=O) groups excluding carboxylic acids is 7. The van der Waals surface area contributed by atoms with Crippen LogP contribution in [-0.2, 0) is 91.3 Å². The Morgan fingerprint density at radius 1 is 0.359 bits per heavy atom. The number of alkyl halides is 12. The van der Waals surface area contributed by atoms with Crippen LogP contribution in [-0.4, -0.2) is 187 Å². The van der Waals surface area contributed by atoms with Crippen molar-refractivity contribution in [2.45, 2.75) is 212 Å². The summed E-state index contributed by atoms with van der Waals surface area (Å²) in [6.45, 7) is 15.4. The van der Waals surface area contributed by atoms with E-state index in [2.05, 4.69) is 45.7 Å². The summed E-state index contributed by atoms with van der Waals surface area (Å²) in [5, 5.41) is 28.0. The van der Waals surface area contributed by atoms with Gasteiger partial charge < -0.3 is 34.3 Å². The first kappa shape index (κ1) is 95.7. The summed E-state index contributed by atoms with van der Waals surface area (Å²) < 4.78 is 257. The Bertz CT molecular complexity index is 5600. The molecule has 0 bridgehead atoms. The normalized spacial score (nSPS) is 17.9. The summed E-state index contributed by atoms with van der Waals surface area (Å²) in [7, 11) is 0. The molecule has 42 heteroatoms. The van der Waals surface area contributed by atoms with Gasteiger partial charge in [0.1, 0.15) is 5.82 Å². The number of H-pyrrole nitrogens is 4. The van der Waals surface area contributed by atoms with E-state index in [1.165, 1.54) is 39.7 Å². The molecule has 0 atom stereocenters. The fraction of sp³-hybridized carbons (Fsp3) is 0.517. The molecule has 8 aliphatic heterocycles. The minimum atomic E-state index is -5.02. The fourth-order valence-corrected chi connectivity index (χ4v) is 18.8. The van der Waals surface area contributed by atoms with Gasteiger partial charge in [0, 0.05) is 113 Å². The van der Waals surface area contributed by atoms with Gasteiger partial charge in [0.25, 0.3) is 23.6 Å². The van der Waals surface area contributed by atoms with Gasteiger partial charge in [-0.15, -0.1) is 0 Å². The van der Waals surface area contributed by atoms with Crippen molar-refractivity contribution >= 4 is 41.4 Å². The Morgan fingerprint density at radius 3 is 0.992 bits per heavy atom. The lowest BCUT2D eigenvalue weighted by Gasteiger charge is -2.33. The number of hydrogen-bond acceptors (Lipinski definition) is 12. The largest absolute Gasteiger partial charge is 0.419 e. The third kappa shape index (κ3) is 20.6. The number of likely N-dealkylation sites (tertiary alicyclic amines) is 4. The number of nitrogens with zero attached hydrogens (tertiary/aromatic N) is 12. The molecule has 0 unspecified atom stereocenters. The van der Waals surface area contributed by atoms with E-state index in [1.807, 2.05) is 13.8 Å². The van der Waals surface area contributed by atoms with Gasteiger partial charge in [-0.2, -0.15) is 73.1 Å². The molecule has 4 aromatic carbocycles. The Morgan fingerprint density at radius 2 is 0.672 bits per heavy atom. The van der Waals surface area contributed by atoms with Crippen molar-refractivity contribution < 1.29 is 117 Å². The van der Waals surface area contributed by atoms with Crippen LogP contribution >= 0.6 is 0 Å². The zero-order valence-corrected chi connectivity index (χ0v) is 71.9. The number of halogens is 19. The smallest absolute Gasteiger partial charge is 0.337 e. The van der Waals surface area contributed by atoms with Crippen molar-refractivity contribution in [2.24, 2.45) is 17.8 Å². The van der Waals surface area contributed by atoms with Crippen LogP contribution in [0.25, 0.3) is 0 Å². The molecule has 706 valence electrons. The van der Waals surface area contributed by atoms with E-state index in [0.717, 1.165) is 67.5 Å². The van der Waals surface area contributed by atoms with E-state index in [9.17, 15) is 117 Å². The van der Waals surface area contributed by atoms with Crippen LogP contribution in [0.2, 0.25) is 0 Å². The average Bonchev–Trinajstić information content (AvgIpc) is 1.62. The molecule has 17 rings (SSSR count). The third-order valence-corrected chi connectivity index (χ3v) is 25.8. The molecule has 0 spiro atoms. The zero-order valence-electron chi connectivity index (χ0n) is 71.9. The van der Waals surface area contributed by atoms with Gasteiger partial charge in [0.15, 0.2) is 57.7 Å². The van der Waals surface area contributed by atoms with Gasteiger partial charge in [0.2, 0.25) is 17.7 Å². The van der Waals surface area contributed by atoms with Crippen molar-refractivity contribution in [3.8, 4) is 0 Å². The van der Waals surface area contributed by atoms with Gasteiger partial charge in [-0.25, -0.2) is 30.7 Å². The van der Waals surface area contributed by atoms with Crippen LogP contribution in [0.3, 0.4) is 0 Å². The summed E-state index contributed by atoms with van der Waals surface area (Å²) in [6, 6.07) is 8.56. The quantitative estimate of drug-likeness (QED) is 0.0741. The first-order valence-electron chi connectivity index (χ1n) is 43.4. The molecular formula is C89H95F19N16O7.